The highest BCUT2D eigenvalue weighted by atomic mass is 16.2. The lowest BCUT2D eigenvalue weighted by Crippen LogP contribution is -2.30. The number of nitrogens with one attached hydrogen (secondary N) is 1. The molecule has 1 aliphatic heterocycles. The average Bonchev–Trinajstić information content (AvgIpc) is 3.29. The number of carbonyl (C=O) groups excluding carboxylic acids is 2. The molecule has 2 amide bonds. The minimum atomic E-state index is -0.159. The van der Waals surface area contributed by atoms with Crippen molar-refractivity contribution in [2.45, 2.75) is 26.6 Å². The lowest BCUT2D eigenvalue weighted by atomic mass is 9.98. The third-order valence-electron chi connectivity index (χ3n) is 7.22. The zero-order valence-corrected chi connectivity index (χ0v) is 21.7. The molecular formula is C33H28N4O2. The molecule has 0 fully saturated rings. The van der Waals surface area contributed by atoms with Gasteiger partial charge in [-0.2, -0.15) is 0 Å². The van der Waals surface area contributed by atoms with Crippen LogP contribution >= 0.6 is 0 Å². The summed E-state index contributed by atoms with van der Waals surface area (Å²) >= 11 is 0. The molecule has 6 heteroatoms. The van der Waals surface area contributed by atoms with Crippen LogP contribution in [0.2, 0.25) is 0 Å². The molecule has 0 spiro atoms. The van der Waals surface area contributed by atoms with E-state index in [9.17, 15) is 9.59 Å². The number of pyridine rings is 1. The van der Waals surface area contributed by atoms with Gasteiger partial charge in [0.2, 0.25) is 0 Å². The Morgan fingerprint density at radius 1 is 0.872 bits per heavy atom. The number of fused-ring (bicyclic) bond motifs is 2. The first-order valence-electron chi connectivity index (χ1n) is 13.0. The summed E-state index contributed by atoms with van der Waals surface area (Å²) in [5.41, 5.74) is 8.15. The first-order chi connectivity index (χ1) is 19.1. The van der Waals surface area contributed by atoms with E-state index in [1.54, 1.807) is 12.4 Å². The monoisotopic (exact) mass is 512 g/mol. The Morgan fingerprint density at radius 3 is 2.56 bits per heavy atom. The number of benzene rings is 3. The fourth-order valence-electron chi connectivity index (χ4n) is 5.19. The quantitative estimate of drug-likeness (QED) is 0.314. The smallest absolute Gasteiger partial charge is 0.268 e. The van der Waals surface area contributed by atoms with Gasteiger partial charge in [-0.05, 0) is 71.1 Å². The van der Waals surface area contributed by atoms with Crippen molar-refractivity contribution in [2.75, 3.05) is 4.90 Å². The normalized spacial score (nSPS) is 12.3. The van der Waals surface area contributed by atoms with Crippen molar-refractivity contribution in [3.63, 3.8) is 0 Å². The summed E-state index contributed by atoms with van der Waals surface area (Å²) in [4.78, 5) is 33.1. The van der Waals surface area contributed by atoms with E-state index in [1.165, 1.54) is 0 Å². The van der Waals surface area contributed by atoms with Crippen LogP contribution in [0.25, 0.3) is 11.1 Å². The SMILES string of the molecule is Cc1ccccc1-c1cccc(C(=O)N2Cc3ccc(C(=O)NCc4cccnc4)n3Cc3ccccc32)c1. The number of carbonyl (C=O) groups is 2. The molecule has 6 nitrogen and oxygen atoms in total. The minimum Gasteiger partial charge on any atom is -0.347 e. The van der Waals surface area contributed by atoms with E-state index >= 15 is 0 Å². The van der Waals surface area contributed by atoms with Gasteiger partial charge in [-0.15, -0.1) is 0 Å². The van der Waals surface area contributed by atoms with Gasteiger partial charge in [0.15, 0.2) is 0 Å². The summed E-state index contributed by atoms with van der Waals surface area (Å²) < 4.78 is 2.01. The number of amides is 2. The molecule has 0 atom stereocenters. The number of para-hydroxylation sites is 1. The molecular weight excluding hydrogens is 484 g/mol. The van der Waals surface area contributed by atoms with Crippen LogP contribution in [-0.4, -0.2) is 21.4 Å². The van der Waals surface area contributed by atoms with Crippen LogP contribution in [-0.2, 0) is 19.6 Å². The third-order valence-corrected chi connectivity index (χ3v) is 7.22. The van der Waals surface area contributed by atoms with Crippen molar-refractivity contribution in [3.8, 4) is 11.1 Å². The van der Waals surface area contributed by atoms with Crippen molar-refractivity contribution < 1.29 is 9.59 Å². The Bertz CT molecular complexity index is 1670. The third kappa shape index (κ3) is 4.84. The van der Waals surface area contributed by atoms with Crippen molar-refractivity contribution in [1.29, 1.82) is 0 Å². The molecule has 1 N–H and O–H groups in total. The van der Waals surface area contributed by atoms with Gasteiger partial charge < -0.3 is 14.8 Å². The van der Waals surface area contributed by atoms with Crippen molar-refractivity contribution in [3.05, 3.63) is 143 Å². The van der Waals surface area contributed by atoms with Gasteiger partial charge in [0.1, 0.15) is 5.69 Å². The Balaban J connectivity index is 1.32. The van der Waals surface area contributed by atoms with E-state index in [2.05, 4.69) is 29.4 Å². The highest BCUT2D eigenvalue weighted by molar-refractivity contribution is 6.07. The molecule has 0 saturated heterocycles. The van der Waals surface area contributed by atoms with Crippen LogP contribution in [0.5, 0.6) is 0 Å². The summed E-state index contributed by atoms with van der Waals surface area (Å²) in [5.74, 6) is -0.233. The molecule has 3 heterocycles. The number of nitrogens with zero attached hydrogens (tertiary/aromatic N) is 3. The van der Waals surface area contributed by atoms with Crippen molar-refractivity contribution in [1.82, 2.24) is 14.9 Å². The number of aryl methyl sites for hydroxylation is 1. The molecule has 192 valence electrons. The molecule has 39 heavy (non-hydrogen) atoms. The molecule has 0 unspecified atom stereocenters. The van der Waals surface area contributed by atoms with E-state index in [-0.39, 0.29) is 11.8 Å². The zero-order chi connectivity index (χ0) is 26.8. The number of rotatable bonds is 5. The second kappa shape index (κ2) is 10.4. The molecule has 3 aromatic carbocycles. The topological polar surface area (TPSA) is 67.2 Å². The van der Waals surface area contributed by atoms with E-state index in [4.69, 9.17) is 0 Å². The molecule has 0 radical (unpaired) electrons. The van der Waals surface area contributed by atoms with E-state index in [0.29, 0.717) is 30.9 Å². The fraction of sp³-hybridized carbons (Fsp3) is 0.121. The van der Waals surface area contributed by atoms with Gasteiger partial charge in [-0.3, -0.25) is 14.6 Å². The highest BCUT2D eigenvalue weighted by Crippen LogP contribution is 2.31. The fourth-order valence-corrected chi connectivity index (χ4v) is 5.19. The van der Waals surface area contributed by atoms with Crippen molar-refractivity contribution in [2.24, 2.45) is 0 Å². The first-order valence-corrected chi connectivity index (χ1v) is 13.0. The van der Waals surface area contributed by atoms with E-state index in [0.717, 1.165) is 39.2 Å². The Kier molecular flexibility index (Phi) is 6.51. The summed E-state index contributed by atoms with van der Waals surface area (Å²) in [5, 5.41) is 3.00. The summed E-state index contributed by atoms with van der Waals surface area (Å²) in [7, 11) is 0. The largest absolute Gasteiger partial charge is 0.347 e. The second-order valence-electron chi connectivity index (χ2n) is 9.76. The standard InChI is InChI=1S/C33H28N4O2/c1-23-8-2-4-13-29(23)25-11-6-12-26(18-25)33(39)37-22-28-15-16-31(32(38)35-20-24-9-7-17-34-19-24)36(28)21-27-10-3-5-14-30(27)37/h2-19H,20-22H2,1H3,(H,35,38). The summed E-state index contributed by atoms with van der Waals surface area (Å²) in [6, 6.07) is 31.5. The van der Waals surface area contributed by atoms with Gasteiger partial charge in [0, 0.05) is 35.9 Å². The average molecular weight is 513 g/mol. The van der Waals surface area contributed by atoms with E-state index in [1.807, 2.05) is 94.4 Å². The zero-order valence-electron chi connectivity index (χ0n) is 21.7. The predicted octanol–water partition coefficient (Wildman–Crippen LogP) is 6.00. The van der Waals surface area contributed by atoms with Gasteiger partial charge in [-0.25, -0.2) is 0 Å². The lowest BCUT2D eigenvalue weighted by Gasteiger charge is -2.23. The van der Waals surface area contributed by atoms with Gasteiger partial charge in [-0.1, -0.05) is 60.7 Å². The molecule has 0 bridgehead atoms. The van der Waals surface area contributed by atoms with E-state index < -0.39 is 0 Å². The van der Waals surface area contributed by atoms with Crippen molar-refractivity contribution >= 4 is 17.5 Å². The number of hydrogen-bond donors (Lipinski definition) is 1. The molecule has 5 aromatic rings. The number of hydrogen-bond acceptors (Lipinski definition) is 3. The van der Waals surface area contributed by atoms with Crippen LogP contribution in [0.15, 0.2) is 109 Å². The maximum atomic E-state index is 14.0. The maximum Gasteiger partial charge on any atom is 0.268 e. The summed E-state index contributed by atoms with van der Waals surface area (Å²) in [6.07, 6.45) is 3.45. The molecule has 6 rings (SSSR count). The second-order valence-corrected chi connectivity index (χ2v) is 9.76. The Morgan fingerprint density at radius 2 is 1.72 bits per heavy atom. The van der Waals surface area contributed by atoms with Crippen LogP contribution in [0.3, 0.4) is 0 Å². The van der Waals surface area contributed by atoms with Crippen LogP contribution in [0.4, 0.5) is 5.69 Å². The van der Waals surface area contributed by atoms with Crippen LogP contribution in [0, 0.1) is 6.92 Å². The molecule has 2 aromatic heterocycles. The lowest BCUT2D eigenvalue weighted by molar-refractivity contribution is 0.0941. The maximum absolute atomic E-state index is 14.0. The van der Waals surface area contributed by atoms with Gasteiger partial charge >= 0.3 is 0 Å². The molecule has 0 saturated carbocycles. The molecule has 0 aliphatic carbocycles. The number of aromatic nitrogens is 2. The first kappa shape index (κ1) is 24.4. The summed E-state index contributed by atoms with van der Waals surface area (Å²) in [6.45, 7) is 3.33. The number of anilines is 1. The van der Waals surface area contributed by atoms with Crippen LogP contribution in [0.1, 0.15) is 43.2 Å². The van der Waals surface area contributed by atoms with Gasteiger partial charge in [0.05, 0.1) is 13.1 Å². The minimum absolute atomic E-state index is 0.0740. The molecule has 1 aliphatic rings. The van der Waals surface area contributed by atoms with Crippen LogP contribution < -0.4 is 10.2 Å². The Labute approximate surface area is 227 Å². The predicted molar refractivity (Wildman–Crippen MR) is 153 cm³/mol. The highest BCUT2D eigenvalue weighted by Gasteiger charge is 2.27. The van der Waals surface area contributed by atoms with Gasteiger partial charge in [0.25, 0.3) is 11.8 Å². The Hall–Kier alpha value is -4.97.